The summed E-state index contributed by atoms with van der Waals surface area (Å²) in [6.45, 7) is 5.95. The van der Waals surface area contributed by atoms with Crippen LogP contribution in [0.1, 0.15) is 42.7 Å². The Bertz CT molecular complexity index is 1680. The second kappa shape index (κ2) is 17.7. The van der Waals surface area contributed by atoms with Crippen LogP contribution in [-0.2, 0) is 24.2 Å². The number of benzene rings is 3. The molecular formula is C37H44N6O4S. The summed E-state index contributed by atoms with van der Waals surface area (Å²) in [5, 5.41) is 16.4. The molecule has 1 heterocycles. The number of nitrogens with zero attached hydrogens (tertiary/aromatic N) is 4. The number of imidazole rings is 1. The number of amides is 1. The van der Waals surface area contributed by atoms with Crippen molar-refractivity contribution in [2.75, 3.05) is 39.7 Å². The minimum Gasteiger partial charge on any atom is -0.497 e. The van der Waals surface area contributed by atoms with E-state index in [1.54, 1.807) is 46.0 Å². The van der Waals surface area contributed by atoms with Crippen molar-refractivity contribution in [3.8, 4) is 23.3 Å². The highest BCUT2D eigenvalue weighted by atomic mass is 32.1. The van der Waals surface area contributed by atoms with Crippen molar-refractivity contribution in [3.63, 3.8) is 0 Å². The molecule has 0 spiro atoms. The highest BCUT2D eigenvalue weighted by Crippen LogP contribution is 2.28. The van der Waals surface area contributed by atoms with E-state index in [1.807, 2.05) is 59.2 Å². The van der Waals surface area contributed by atoms with Crippen molar-refractivity contribution in [1.82, 2.24) is 19.8 Å². The van der Waals surface area contributed by atoms with E-state index < -0.39 is 0 Å². The first-order valence-corrected chi connectivity index (χ1v) is 16.4. The summed E-state index contributed by atoms with van der Waals surface area (Å²) >= 11 is 5.96. The first kappa shape index (κ1) is 35.8. The average molecular weight is 669 g/mol. The molecule has 0 aliphatic heterocycles. The number of anilines is 1. The van der Waals surface area contributed by atoms with Crippen LogP contribution in [0.25, 0.3) is 0 Å². The van der Waals surface area contributed by atoms with Gasteiger partial charge in [0, 0.05) is 43.3 Å². The average Bonchev–Trinajstić information content (AvgIpc) is 3.55. The zero-order chi connectivity index (χ0) is 34.5. The molecule has 10 nitrogen and oxygen atoms in total. The summed E-state index contributed by atoms with van der Waals surface area (Å²) in [7, 11) is 4.88. The van der Waals surface area contributed by atoms with Crippen LogP contribution in [0.15, 0.2) is 79.3 Å². The highest BCUT2D eigenvalue weighted by molar-refractivity contribution is 7.80. The normalized spacial score (nSPS) is 11.9. The van der Waals surface area contributed by atoms with Gasteiger partial charge < -0.3 is 34.3 Å². The Morgan fingerprint density at radius 3 is 2.35 bits per heavy atom. The fourth-order valence-electron chi connectivity index (χ4n) is 5.28. The number of carbonyl (C=O) groups is 1. The maximum Gasteiger partial charge on any atom is 0.226 e. The van der Waals surface area contributed by atoms with Gasteiger partial charge in [-0.15, -0.1) is 0 Å². The predicted molar refractivity (Wildman–Crippen MR) is 192 cm³/mol. The Morgan fingerprint density at radius 1 is 1.00 bits per heavy atom. The quantitative estimate of drug-likeness (QED) is 0.142. The first-order valence-electron chi connectivity index (χ1n) is 15.9. The number of carbonyl (C=O) groups excluding carboxylic acids is 1. The maximum atomic E-state index is 13.5. The summed E-state index contributed by atoms with van der Waals surface area (Å²) in [4.78, 5) is 20.0. The summed E-state index contributed by atoms with van der Waals surface area (Å²) in [5.74, 6) is 2.20. The summed E-state index contributed by atoms with van der Waals surface area (Å²) in [5.41, 5.74) is 4.36. The lowest BCUT2D eigenvalue weighted by Gasteiger charge is -2.33. The summed E-state index contributed by atoms with van der Waals surface area (Å²) in [6.07, 6.45) is 5.21. The summed E-state index contributed by atoms with van der Waals surface area (Å²) in [6, 6.07) is 22.9. The van der Waals surface area contributed by atoms with Gasteiger partial charge in [-0.3, -0.25) is 4.79 Å². The minimum absolute atomic E-state index is 0.0873. The molecule has 1 amide bonds. The van der Waals surface area contributed by atoms with E-state index in [1.165, 1.54) is 0 Å². The van der Waals surface area contributed by atoms with E-state index >= 15 is 0 Å². The number of rotatable bonds is 16. The van der Waals surface area contributed by atoms with Gasteiger partial charge >= 0.3 is 0 Å². The number of hydrogen-bond acceptors (Lipinski definition) is 7. The number of aromatic nitrogens is 2. The molecule has 0 fully saturated rings. The maximum absolute atomic E-state index is 13.5. The molecule has 48 heavy (non-hydrogen) atoms. The van der Waals surface area contributed by atoms with Crippen molar-refractivity contribution >= 4 is 28.9 Å². The smallest absolute Gasteiger partial charge is 0.226 e. The molecule has 0 bridgehead atoms. The molecule has 4 rings (SSSR count). The van der Waals surface area contributed by atoms with E-state index in [-0.39, 0.29) is 24.3 Å². The van der Waals surface area contributed by atoms with Crippen LogP contribution in [0.2, 0.25) is 0 Å². The van der Waals surface area contributed by atoms with Crippen molar-refractivity contribution in [2.24, 2.45) is 5.92 Å². The highest BCUT2D eigenvalue weighted by Gasteiger charge is 2.24. The molecule has 0 saturated heterocycles. The molecule has 0 aliphatic carbocycles. The van der Waals surface area contributed by atoms with Crippen molar-refractivity contribution in [3.05, 3.63) is 102 Å². The molecule has 252 valence electrons. The van der Waals surface area contributed by atoms with Crippen molar-refractivity contribution < 1.29 is 19.0 Å². The topological polar surface area (TPSA) is 114 Å². The zero-order valence-electron chi connectivity index (χ0n) is 28.2. The Balaban J connectivity index is 1.49. The summed E-state index contributed by atoms with van der Waals surface area (Å²) < 4.78 is 18.2. The van der Waals surface area contributed by atoms with Crippen LogP contribution in [0.4, 0.5) is 5.69 Å². The fraction of sp³-hybridized carbons (Fsp3) is 0.351. The lowest BCUT2D eigenvalue weighted by Crippen LogP contribution is -2.50. The van der Waals surface area contributed by atoms with Gasteiger partial charge in [-0.2, -0.15) is 5.26 Å². The molecule has 4 aromatic rings. The monoisotopic (exact) mass is 668 g/mol. The Labute approximate surface area is 288 Å². The molecule has 0 aliphatic rings. The third kappa shape index (κ3) is 9.96. The van der Waals surface area contributed by atoms with Crippen LogP contribution < -0.4 is 24.8 Å². The van der Waals surface area contributed by atoms with Crippen LogP contribution >= 0.6 is 12.2 Å². The molecule has 0 saturated carbocycles. The molecule has 0 unspecified atom stereocenters. The largest absolute Gasteiger partial charge is 0.497 e. The van der Waals surface area contributed by atoms with Gasteiger partial charge in [0.05, 0.1) is 45.7 Å². The molecule has 11 heteroatoms. The van der Waals surface area contributed by atoms with Gasteiger partial charge in [0.15, 0.2) is 16.6 Å². The number of methoxy groups -OCH3 is 3. The minimum atomic E-state index is -0.168. The number of nitriles is 1. The van der Waals surface area contributed by atoms with Crippen molar-refractivity contribution in [2.45, 2.75) is 45.7 Å². The second-order valence-corrected chi connectivity index (χ2v) is 12.0. The lowest BCUT2D eigenvalue weighted by atomic mass is 9.98. The van der Waals surface area contributed by atoms with Gasteiger partial charge in [-0.05, 0) is 84.2 Å². The van der Waals surface area contributed by atoms with E-state index in [4.69, 9.17) is 31.7 Å². The molecule has 3 aromatic carbocycles. The van der Waals surface area contributed by atoms with Gasteiger partial charge in [-0.25, -0.2) is 4.98 Å². The molecule has 2 atom stereocenters. The second-order valence-electron chi connectivity index (χ2n) is 11.6. The van der Waals surface area contributed by atoms with E-state index in [9.17, 15) is 4.79 Å². The molecule has 2 N–H and O–H groups in total. The molecule has 0 radical (unpaired) electrons. The standard InChI is InChI=1S/C37H44N6O4S/c1-6-26(2)33(41-36(44)20-31-22-39-25-43(31)23-29-9-7-28(21-38)8-10-29)24-42(37(48)40-30-12-14-32(45-3)15-13-30)18-17-27-11-16-34(46-4)35(19-27)47-5/h7-16,19,22,25-26,33H,6,17-18,20,23-24H2,1-5H3,(H,40,48)(H,41,44)/t26-,33+/m0/s1. The number of hydrogen-bond donors (Lipinski definition) is 2. The SMILES string of the molecule is CC[C@H](C)[C@@H](CN(CCc1ccc(OC)c(OC)c1)C(=S)Nc1ccc(OC)cc1)NC(=O)Cc1cncn1Cc1ccc(C#N)cc1. The van der Waals surface area contributed by atoms with Crippen LogP contribution in [0.3, 0.4) is 0 Å². The number of ether oxygens (including phenoxy) is 3. The number of nitrogens with one attached hydrogen (secondary N) is 2. The third-order valence-corrected chi connectivity index (χ3v) is 8.78. The fourth-order valence-corrected chi connectivity index (χ4v) is 5.57. The van der Waals surface area contributed by atoms with Gasteiger partial charge in [-0.1, -0.05) is 38.5 Å². The third-order valence-electron chi connectivity index (χ3n) is 8.42. The molecule has 1 aromatic heterocycles. The molecular weight excluding hydrogens is 625 g/mol. The van der Waals surface area contributed by atoms with Crippen LogP contribution in [0, 0.1) is 17.2 Å². The zero-order valence-corrected chi connectivity index (χ0v) is 29.0. The first-order chi connectivity index (χ1) is 23.3. The van der Waals surface area contributed by atoms with Gasteiger partial charge in [0.2, 0.25) is 5.91 Å². The lowest BCUT2D eigenvalue weighted by molar-refractivity contribution is -0.121. The van der Waals surface area contributed by atoms with E-state index in [0.29, 0.717) is 48.2 Å². The van der Waals surface area contributed by atoms with E-state index in [2.05, 4.69) is 40.4 Å². The Kier molecular flexibility index (Phi) is 13.2. The van der Waals surface area contributed by atoms with Crippen LogP contribution in [0.5, 0.6) is 17.2 Å². The van der Waals surface area contributed by atoms with Crippen LogP contribution in [-0.4, -0.2) is 65.9 Å². The van der Waals surface area contributed by atoms with E-state index in [0.717, 1.165) is 34.7 Å². The van der Waals surface area contributed by atoms with Crippen molar-refractivity contribution in [1.29, 1.82) is 5.26 Å². The number of thiocarbonyl (C=S) groups is 1. The predicted octanol–water partition coefficient (Wildman–Crippen LogP) is 5.84. The van der Waals surface area contributed by atoms with Gasteiger partial charge in [0.25, 0.3) is 0 Å². The Hall–Kier alpha value is -5.08. The Morgan fingerprint density at radius 2 is 1.71 bits per heavy atom. The van der Waals surface area contributed by atoms with Gasteiger partial charge in [0.1, 0.15) is 5.75 Å².